The molecule has 2 N–H and O–H groups in total. The molecule has 0 atom stereocenters. The van der Waals surface area contributed by atoms with Crippen LogP contribution in [0.1, 0.15) is 34.5 Å². The maximum atomic E-state index is 14.0. The summed E-state index contributed by atoms with van der Waals surface area (Å²) < 4.78 is 16.0. The maximum Gasteiger partial charge on any atom is 0.250 e. The molecule has 20 heavy (non-hydrogen) atoms. The third-order valence-electron chi connectivity index (χ3n) is 3.92. The van der Waals surface area contributed by atoms with Gasteiger partial charge in [0.1, 0.15) is 0 Å². The Balaban J connectivity index is 2.31. The summed E-state index contributed by atoms with van der Waals surface area (Å²) in [6, 6.07) is 3.39. The number of hydrogen-bond donors (Lipinski definition) is 1. The van der Waals surface area contributed by atoms with E-state index in [4.69, 9.17) is 5.73 Å². The van der Waals surface area contributed by atoms with Crippen LogP contribution in [0.2, 0.25) is 0 Å². The molecule has 1 aliphatic heterocycles. The number of nitrogens with two attached hydrogens (primary N) is 1. The van der Waals surface area contributed by atoms with E-state index in [1.165, 1.54) is 6.20 Å². The first-order valence-electron chi connectivity index (χ1n) is 6.74. The first-order valence-corrected chi connectivity index (χ1v) is 6.74. The highest BCUT2D eigenvalue weighted by Crippen LogP contribution is 2.35. The van der Waals surface area contributed by atoms with Crippen LogP contribution in [0.5, 0.6) is 0 Å². The van der Waals surface area contributed by atoms with Crippen molar-refractivity contribution >= 4 is 5.91 Å². The van der Waals surface area contributed by atoms with Gasteiger partial charge in [0, 0.05) is 18.4 Å². The van der Waals surface area contributed by atoms with E-state index in [0.29, 0.717) is 11.1 Å². The second-order valence-corrected chi connectivity index (χ2v) is 5.11. The van der Waals surface area contributed by atoms with Gasteiger partial charge < -0.3 is 10.3 Å². The number of rotatable bonds is 2. The lowest BCUT2D eigenvalue weighted by molar-refractivity contribution is 0.0998. The number of fused-ring (bicyclic) bond motifs is 1. The van der Waals surface area contributed by atoms with Crippen LogP contribution in [0.4, 0.5) is 4.39 Å². The van der Waals surface area contributed by atoms with Crippen LogP contribution in [0.3, 0.4) is 0 Å². The van der Waals surface area contributed by atoms with Crippen LogP contribution in [-0.2, 0) is 13.0 Å². The van der Waals surface area contributed by atoms with E-state index in [1.54, 1.807) is 12.1 Å². The fourth-order valence-electron chi connectivity index (χ4n) is 3.11. The molecule has 4 nitrogen and oxygen atoms in total. The quantitative estimate of drug-likeness (QED) is 0.854. The molecule has 1 amide bonds. The van der Waals surface area contributed by atoms with Crippen LogP contribution in [0.15, 0.2) is 18.3 Å². The lowest BCUT2D eigenvalue weighted by Gasteiger charge is -2.18. The van der Waals surface area contributed by atoms with E-state index in [9.17, 15) is 9.18 Å². The van der Waals surface area contributed by atoms with E-state index < -0.39 is 11.9 Å². The van der Waals surface area contributed by atoms with Gasteiger partial charge in [-0.15, -0.1) is 0 Å². The molecule has 2 aromatic heterocycles. The monoisotopic (exact) mass is 273 g/mol. The highest BCUT2D eigenvalue weighted by Gasteiger charge is 2.27. The minimum absolute atomic E-state index is 0.431. The Morgan fingerprint density at radius 2 is 2.25 bits per heavy atom. The molecule has 0 saturated heterocycles. The molecule has 0 unspecified atom stereocenters. The van der Waals surface area contributed by atoms with E-state index >= 15 is 0 Å². The molecule has 5 heteroatoms. The van der Waals surface area contributed by atoms with Crippen molar-refractivity contribution in [1.82, 2.24) is 9.55 Å². The Bertz CT molecular complexity index is 691. The molecule has 0 fully saturated rings. The molecule has 3 rings (SSSR count). The predicted molar refractivity (Wildman–Crippen MR) is 73.8 cm³/mol. The molecule has 0 spiro atoms. The molecule has 0 saturated carbocycles. The molecule has 104 valence electrons. The minimum atomic E-state index is -0.516. The Hall–Kier alpha value is -2.17. The largest absolute Gasteiger partial charge is 0.366 e. The fourth-order valence-corrected chi connectivity index (χ4v) is 3.11. The normalized spacial score (nSPS) is 14.1. The third-order valence-corrected chi connectivity index (χ3v) is 3.92. The van der Waals surface area contributed by atoms with E-state index in [0.717, 1.165) is 42.8 Å². The van der Waals surface area contributed by atoms with Crippen LogP contribution >= 0.6 is 0 Å². The molecule has 3 heterocycles. The van der Waals surface area contributed by atoms with Gasteiger partial charge in [0.2, 0.25) is 5.95 Å². The minimum Gasteiger partial charge on any atom is -0.366 e. The first kappa shape index (κ1) is 12.8. The van der Waals surface area contributed by atoms with Gasteiger partial charge in [-0.2, -0.15) is 4.39 Å². The van der Waals surface area contributed by atoms with Crippen molar-refractivity contribution in [3.05, 3.63) is 41.1 Å². The lowest BCUT2D eigenvalue weighted by atomic mass is 10.0. The van der Waals surface area contributed by atoms with Crippen molar-refractivity contribution in [2.24, 2.45) is 5.73 Å². The predicted octanol–water partition coefficient (Wildman–Crippen LogP) is 2.43. The summed E-state index contributed by atoms with van der Waals surface area (Å²) >= 11 is 0. The second-order valence-electron chi connectivity index (χ2n) is 5.11. The zero-order chi connectivity index (χ0) is 14.3. The SMILES string of the molecule is Cc1c(C(N)=O)c2n(c1-c1cccnc1F)CCCC2. The topological polar surface area (TPSA) is 60.9 Å². The number of pyridine rings is 1. The molecule has 1 aliphatic rings. The number of nitrogens with zero attached hydrogens (tertiary/aromatic N) is 2. The second kappa shape index (κ2) is 4.74. The van der Waals surface area contributed by atoms with Gasteiger partial charge in [0.15, 0.2) is 0 Å². The molecular weight excluding hydrogens is 257 g/mol. The van der Waals surface area contributed by atoms with Gasteiger partial charge >= 0.3 is 0 Å². The third kappa shape index (κ3) is 1.81. The number of carbonyl (C=O) groups is 1. The van der Waals surface area contributed by atoms with Crippen LogP contribution < -0.4 is 5.73 Å². The smallest absolute Gasteiger partial charge is 0.250 e. The molecule has 0 radical (unpaired) electrons. The Morgan fingerprint density at radius 3 is 2.95 bits per heavy atom. The van der Waals surface area contributed by atoms with Crippen molar-refractivity contribution in [3.8, 4) is 11.3 Å². The van der Waals surface area contributed by atoms with Crippen molar-refractivity contribution in [1.29, 1.82) is 0 Å². The Labute approximate surface area is 116 Å². The standard InChI is InChI=1S/C15H16FN3O/c1-9-12(15(17)20)11-6-2-3-8-19(11)13(9)10-5-4-7-18-14(10)16/h4-5,7H,2-3,6,8H2,1H3,(H2,17,20). The van der Waals surface area contributed by atoms with Gasteiger partial charge in [-0.25, -0.2) is 4.98 Å². The van der Waals surface area contributed by atoms with Crippen molar-refractivity contribution in [2.75, 3.05) is 0 Å². The van der Waals surface area contributed by atoms with E-state index in [2.05, 4.69) is 4.98 Å². The Morgan fingerprint density at radius 1 is 1.45 bits per heavy atom. The van der Waals surface area contributed by atoms with Gasteiger partial charge in [-0.3, -0.25) is 4.79 Å². The summed E-state index contributed by atoms with van der Waals surface area (Å²) in [6.07, 6.45) is 4.27. The number of hydrogen-bond acceptors (Lipinski definition) is 2. The number of amides is 1. The lowest BCUT2D eigenvalue weighted by Crippen LogP contribution is -2.17. The summed E-state index contributed by atoms with van der Waals surface area (Å²) in [5.74, 6) is -0.957. The van der Waals surface area contributed by atoms with Gasteiger partial charge in [-0.05, 0) is 43.9 Å². The summed E-state index contributed by atoms with van der Waals surface area (Å²) in [4.78, 5) is 15.4. The first-order chi connectivity index (χ1) is 9.61. The van der Waals surface area contributed by atoms with Crippen molar-refractivity contribution < 1.29 is 9.18 Å². The molecule has 0 aliphatic carbocycles. The van der Waals surface area contributed by atoms with Crippen molar-refractivity contribution in [3.63, 3.8) is 0 Å². The van der Waals surface area contributed by atoms with Crippen molar-refractivity contribution in [2.45, 2.75) is 32.7 Å². The van der Waals surface area contributed by atoms with Gasteiger partial charge in [-0.1, -0.05) is 0 Å². The van der Waals surface area contributed by atoms with E-state index in [1.807, 2.05) is 11.5 Å². The summed E-state index contributed by atoms with van der Waals surface area (Å²) in [6.45, 7) is 2.61. The average Bonchev–Trinajstić information content (AvgIpc) is 2.71. The number of primary amides is 1. The highest BCUT2D eigenvalue weighted by atomic mass is 19.1. The summed E-state index contributed by atoms with van der Waals surface area (Å²) in [7, 11) is 0. The zero-order valence-electron chi connectivity index (χ0n) is 11.3. The molecule has 0 bridgehead atoms. The molecule has 2 aromatic rings. The number of aromatic nitrogens is 2. The Kier molecular flexibility index (Phi) is 3.04. The van der Waals surface area contributed by atoms with E-state index in [-0.39, 0.29) is 0 Å². The number of carbonyl (C=O) groups excluding carboxylic acids is 1. The maximum absolute atomic E-state index is 14.0. The van der Waals surface area contributed by atoms with Gasteiger partial charge in [0.05, 0.1) is 16.8 Å². The highest BCUT2D eigenvalue weighted by molar-refractivity contribution is 5.98. The van der Waals surface area contributed by atoms with Crippen LogP contribution in [0.25, 0.3) is 11.3 Å². The zero-order valence-corrected chi connectivity index (χ0v) is 11.3. The number of halogens is 1. The van der Waals surface area contributed by atoms with Crippen LogP contribution in [0, 0.1) is 12.9 Å². The molecule has 0 aromatic carbocycles. The summed E-state index contributed by atoms with van der Waals surface area (Å²) in [5, 5.41) is 0. The van der Waals surface area contributed by atoms with Crippen LogP contribution in [-0.4, -0.2) is 15.5 Å². The molecular formula is C15H16FN3O. The fraction of sp³-hybridized carbons (Fsp3) is 0.333. The average molecular weight is 273 g/mol. The van der Waals surface area contributed by atoms with Gasteiger partial charge in [0.25, 0.3) is 5.91 Å². The summed E-state index contributed by atoms with van der Waals surface area (Å²) in [5.41, 5.74) is 8.90.